The van der Waals surface area contributed by atoms with E-state index >= 15 is 0 Å². The molecule has 1 aromatic heterocycles. The Balaban J connectivity index is 2.20. The van der Waals surface area contributed by atoms with Crippen LogP contribution in [0.1, 0.15) is 35.8 Å². The Bertz CT molecular complexity index is 705. The summed E-state index contributed by atoms with van der Waals surface area (Å²) in [5, 5.41) is 3.57. The Hall–Kier alpha value is -1.88. The Kier molecular flexibility index (Phi) is 3.01. The first-order valence-electron chi connectivity index (χ1n) is 6.72. The molecule has 1 aliphatic rings. The molecule has 1 unspecified atom stereocenters. The summed E-state index contributed by atoms with van der Waals surface area (Å²) < 4.78 is 0. The largest absolute Gasteiger partial charge is 0.375 e. The second-order valence-electron chi connectivity index (χ2n) is 5.12. The van der Waals surface area contributed by atoms with Crippen molar-refractivity contribution in [1.82, 2.24) is 4.98 Å². The number of benzene rings is 1. The highest BCUT2D eigenvalue weighted by molar-refractivity contribution is 7.15. The van der Waals surface area contributed by atoms with Crippen LogP contribution in [0.5, 0.6) is 0 Å². The fraction of sp³-hybridized carbons (Fsp3) is 0.333. The zero-order chi connectivity index (χ0) is 14.4. The molecule has 0 saturated carbocycles. The van der Waals surface area contributed by atoms with Crippen LogP contribution in [0.25, 0.3) is 11.3 Å². The lowest BCUT2D eigenvalue weighted by Crippen LogP contribution is -2.08. The highest BCUT2D eigenvalue weighted by Gasteiger charge is 2.29. The van der Waals surface area contributed by atoms with Crippen molar-refractivity contribution in [3.05, 3.63) is 28.1 Å². The van der Waals surface area contributed by atoms with Gasteiger partial charge in [0, 0.05) is 16.1 Å². The smallest absolute Gasteiger partial charge is 0.231 e. The third-order valence-corrected chi connectivity index (χ3v) is 4.63. The van der Waals surface area contributed by atoms with Crippen molar-refractivity contribution in [3.8, 4) is 11.3 Å². The van der Waals surface area contributed by atoms with E-state index in [1.807, 2.05) is 13.8 Å². The Morgan fingerprint density at radius 3 is 2.80 bits per heavy atom. The standard InChI is InChI=1S/C15H17N3OS/c1-4-9-5-10(12-8(3)20-15(16)18-12)6-11-7(2)14(19)17-13(9)11/h5-7H,4H2,1-3H3,(H2,16,18)(H,17,19). The van der Waals surface area contributed by atoms with Crippen molar-refractivity contribution >= 4 is 28.1 Å². The molecule has 3 N–H and O–H groups in total. The van der Waals surface area contributed by atoms with E-state index in [1.165, 1.54) is 11.3 Å². The van der Waals surface area contributed by atoms with Crippen molar-refractivity contribution in [3.63, 3.8) is 0 Å². The van der Waals surface area contributed by atoms with E-state index in [2.05, 4.69) is 29.4 Å². The number of hydrogen-bond donors (Lipinski definition) is 2. The molecule has 20 heavy (non-hydrogen) atoms. The maximum atomic E-state index is 11.9. The van der Waals surface area contributed by atoms with Gasteiger partial charge in [0.2, 0.25) is 5.91 Å². The summed E-state index contributed by atoms with van der Waals surface area (Å²) in [5.74, 6) is -0.0343. The van der Waals surface area contributed by atoms with E-state index in [0.717, 1.165) is 39.4 Å². The number of amides is 1. The van der Waals surface area contributed by atoms with Gasteiger partial charge in [-0.15, -0.1) is 11.3 Å². The summed E-state index contributed by atoms with van der Waals surface area (Å²) in [6.45, 7) is 6.05. The van der Waals surface area contributed by atoms with Crippen LogP contribution in [0, 0.1) is 6.92 Å². The van der Waals surface area contributed by atoms with E-state index in [0.29, 0.717) is 5.13 Å². The molecule has 0 fully saturated rings. The average Bonchev–Trinajstić information content (AvgIpc) is 2.90. The van der Waals surface area contributed by atoms with Crippen LogP contribution in [0.4, 0.5) is 10.8 Å². The van der Waals surface area contributed by atoms with Gasteiger partial charge < -0.3 is 11.1 Å². The molecule has 2 heterocycles. The van der Waals surface area contributed by atoms with Gasteiger partial charge in [0.1, 0.15) is 0 Å². The second-order valence-corrected chi connectivity index (χ2v) is 6.36. The molecular weight excluding hydrogens is 270 g/mol. The molecule has 0 radical (unpaired) electrons. The number of carbonyl (C=O) groups is 1. The van der Waals surface area contributed by atoms with Gasteiger partial charge in [-0.25, -0.2) is 4.98 Å². The van der Waals surface area contributed by atoms with Gasteiger partial charge in [0.15, 0.2) is 5.13 Å². The van der Waals surface area contributed by atoms with Gasteiger partial charge in [-0.05, 0) is 43.5 Å². The van der Waals surface area contributed by atoms with E-state index in [1.54, 1.807) is 0 Å². The van der Waals surface area contributed by atoms with Crippen LogP contribution in [0.2, 0.25) is 0 Å². The summed E-state index contributed by atoms with van der Waals surface area (Å²) in [6, 6.07) is 4.18. The molecule has 0 saturated heterocycles. The Morgan fingerprint density at radius 2 is 2.20 bits per heavy atom. The average molecular weight is 287 g/mol. The number of hydrogen-bond acceptors (Lipinski definition) is 4. The lowest BCUT2D eigenvalue weighted by atomic mass is 9.95. The monoisotopic (exact) mass is 287 g/mol. The molecule has 1 aromatic carbocycles. The zero-order valence-electron chi connectivity index (χ0n) is 11.8. The number of nitrogens with two attached hydrogens (primary N) is 1. The third kappa shape index (κ3) is 1.89. The SMILES string of the molecule is CCc1cc(-c2nc(N)sc2C)cc2c1NC(=O)C2C. The Morgan fingerprint density at radius 1 is 1.45 bits per heavy atom. The van der Waals surface area contributed by atoms with E-state index < -0.39 is 0 Å². The van der Waals surface area contributed by atoms with Crippen LogP contribution in [-0.2, 0) is 11.2 Å². The molecule has 1 amide bonds. The maximum absolute atomic E-state index is 11.9. The van der Waals surface area contributed by atoms with Gasteiger partial charge in [0.25, 0.3) is 0 Å². The van der Waals surface area contributed by atoms with Crippen LogP contribution in [0.3, 0.4) is 0 Å². The third-order valence-electron chi connectivity index (χ3n) is 3.83. The maximum Gasteiger partial charge on any atom is 0.231 e. The quantitative estimate of drug-likeness (QED) is 0.890. The van der Waals surface area contributed by atoms with Crippen molar-refractivity contribution in [2.24, 2.45) is 0 Å². The van der Waals surface area contributed by atoms with E-state index in [9.17, 15) is 4.79 Å². The molecule has 1 atom stereocenters. The normalized spacial score (nSPS) is 17.1. The first-order valence-corrected chi connectivity index (χ1v) is 7.53. The number of nitrogens with zero attached hydrogens (tertiary/aromatic N) is 1. The summed E-state index contributed by atoms with van der Waals surface area (Å²) in [4.78, 5) is 17.4. The summed E-state index contributed by atoms with van der Waals surface area (Å²) in [5.41, 5.74) is 11.0. The number of thiazole rings is 1. The fourth-order valence-electron chi connectivity index (χ4n) is 2.69. The molecular formula is C15H17N3OS. The first kappa shape index (κ1) is 13.1. The molecule has 0 spiro atoms. The number of aromatic nitrogens is 1. The zero-order valence-corrected chi connectivity index (χ0v) is 12.6. The number of aryl methyl sites for hydroxylation is 2. The highest BCUT2D eigenvalue weighted by atomic mass is 32.1. The number of fused-ring (bicyclic) bond motifs is 1. The molecule has 0 bridgehead atoms. The van der Waals surface area contributed by atoms with Gasteiger partial charge >= 0.3 is 0 Å². The number of nitrogens with one attached hydrogen (secondary N) is 1. The molecule has 4 nitrogen and oxygen atoms in total. The Labute approximate surface area is 122 Å². The predicted octanol–water partition coefficient (Wildman–Crippen LogP) is 3.32. The van der Waals surface area contributed by atoms with Crippen LogP contribution in [-0.4, -0.2) is 10.9 Å². The molecule has 2 aromatic rings. The van der Waals surface area contributed by atoms with Gasteiger partial charge in [-0.1, -0.05) is 6.92 Å². The molecule has 104 valence electrons. The lowest BCUT2D eigenvalue weighted by molar-refractivity contribution is -0.116. The lowest BCUT2D eigenvalue weighted by Gasteiger charge is -2.10. The first-order chi connectivity index (χ1) is 9.51. The molecule has 5 heteroatoms. The molecule has 0 aliphatic carbocycles. The van der Waals surface area contributed by atoms with Gasteiger partial charge in [0.05, 0.1) is 11.6 Å². The summed E-state index contributed by atoms with van der Waals surface area (Å²) >= 11 is 1.50. The molecule has 1 aliphatic heterocycles. The number of nitrogen functional groups attached to an aromatic ring is 1. The van der Waals surface area contributed by atoms with Crippen molar-refractivity contribution < 1.29 is 4.79 Å². The van der Waals surface area contributed by atoms with Gasteiger partial charge in [-0.2, -0.15) is 0 Å². The topological polar surface area (TPSA) is 68.0 Å². The number of rotatable bonds is 2. The van der Waals surface area contributed by atoms with Crippen LogP contribution < -0.4 is 11.1 Å². The van der Waals surface area contributed by atoms with Crippen molar-refractivity contribution in [2.75, 3.05) is 11.1 Å². The van der Waals surface area contributed by atoms with Gasteiger partial charge in [-0.3, -0.25) is 4.79 Å². The fourth-order valence-corrected chi connectivity index (χ4v) is 3.40. The van der Waals surface area contributed by atoms with Crippen LogP contribution >= 0.6 is 11.3 Å². The van der Waals surface area contributed by atoms with Crippen molar-refractivity contribution in [2.45, 2.75) is 33.1 Å². The summed E-state index contributed by atoms with van der Waals surface area (Å²) in [7, 11) is 0. The minimum atomic E-state index is -0.105. The number of carbonyl (C=O) groups excluding carboxylic acids is 1. The van der Waals surface area contributed by atoms with Crippen molar-refractivity contribution in [1.29, 1.82) is 0 Å². The highest BCUT2D eigenvalue weighted by Crippen LogP contribution is 2.40. The van der Waals surface area contributed by atoms with E-state index in [-0.39, 0.29) is 11.8 Å². The number of anilines is 2. The molecule has 3 rings (SSSR count). The van der Waals surface area contributed by atoms with E-state index in [4.69, 9.17) is 5.73 Å². The minimum absolute atomic E-state index is 0.0707. The second kappa shape index (κ2) is 4.59. The summed E-state index contributed by atoms with van der Waals surface area (Å²) in [6.07, 6.45) is 0.877. The predicted molar refractivity (Wildman–Crippen MR) is 83.1 cm³/mol. The minimum Gasteiger partial charge on any atom is -0.375 e. The van der Waals surface area contributed by atoms with Crippen LogP contribution in [0.15, 0.2) is 12.1 Å².